The number of allylic oxidation sites excluding steroid dienone is 1. The highest BCUT2D eigenvalue weighted by Crippen LogP contribution is 2.38. The van der Waals surface area contributed by atoms with Gasteiger partial charge in [-0.05, 0) is 48.4 Å². The average molecular weight is 382 g/mol. The van der Waals surface area contributed by atoms with Crippen LogP contribution < -0.4 is 9.47 Å². The highest BCUT2D eigenvalue weighted by molar-refractivity contribution is 9.10. The summed E-state index contributed by atoms with van der Waals surface area (Å²) in [6.45, 7) is 2.23. The number of nitrogens with one attached hydrogen (secondary N) is 1. The van der Waals surface area contributed by atoms with E-state index in [-0.39, 0.29) is 6.79 Å². The van der Waals surface area contributed by atoms with Crippen molar-refractivity contribution in [2.75, 3.05) is 6.79 Å². The molecule has 2 aromatic carbocycles. The van der Waals surface area contributed by atoms with E-state index in [2.05, 4.69) is 32.0 Å². The fourth-order valence-corrected chi connectivity index (χ4v) is 3.04. The molecule has 1 aliphatic rings. The third-order valence-corrected chi connectivity index (χ3v) is 4.49. The summed E-state index contributed by atoms with van der Waals surface area (Å²) in [6, 6.07) is 11.8. The maximum absolute atomic E-state index is 9.56. The monoisotopic (exact) mass is 381 g/mol. The molecular formula is C18H12BrN3O2. The number of benzene rings is 2. The number of fused-ring (bicyclic) bond motifs is 2. The fourth-order valence-electron chi connectivity index (χ4n) is 2.60. The molecule has 0 bridgehead atoms. The largest absolute Gasteiger partial charge is 0.454 e. The summed E-state index contributed by atoms with van der Waals surface area (Å²) in [7, 11) is 0. The molecule has 0 amide bonds. The first-order valence-corrected chi connectivity index (χ1v) is 8.11. The summed E-state index contributed by atoms with van der Waals surface area (Å²) < 4.78 is 11.6. The van der Waals surface area contributed by atoms with Gasteiger partial charge in [-0.1, -0.05) is 22.0 Å². The van der Waals surface area contributed by atoms with Gasteiger partial charge in [-0.3, -0.25) is 0 Å². The highest BCUT2D eigenvalue weighted by Gasteiger charge is 2.16. The standard InChI is InChI=1S/C18H12BrN3O2/c1-10-2-3-14-15(4-10)22-18(21-14)12(8-20)5-11-6-16-17(7-13(11)19)24-9-23-16/h2-7H,9H2,1H3,(H,21,22). The summed E-state index contributed by atoms with van der Waals surface area (Å²) >= 11 is 3.50. The van der Waals surface area contributed by atoms with Crippen molar-refractivity contribution in [3.05, 3.63) is 51.8 Å². The van der Waals surface area contributed by atoms with E-state index in [1.807, 2.05) is 37.3 Å². The number of nitrogens with zero attached hydrogens (tertiary/aromatic N) is 2. The van der Waals surface area contributed by atoms with Crippen LogP contribution in [0.25, 0.3) is 22.7 Å². The number of nitriles is 1. The molecule has 6 heteroatoms. The minimum atomic E-state index is 0.211. The van der Waals surface area contributed by atoms with E-state index in [4.69, 9.17) is 9.47 Å². The van der Waals surface area contributed by atoms with E-state index < -0.39 is 0 Å². The lowest BCUT2D eigenvalue weighted by Crippen LogP contribution is -1.92. The Morgan fingerprint density at radius 3 is 2.88 bits per heavy atom. The molecule has 0 fully saturated rings. The number of imidazole rings is 1. The Hall–Kier alpha value is -2.78. The van der Waals surface area contributed by atoms with Crippen molar-refractivity contribution < 1.29 is 9.47 Å². The molecule has 24 heavy (non-hydrogen) atoms. The second-order valence-electron chi connectivity index (χ2n) is 5.50. The van der Waals surface area contributed by atoms with E-state index in [0.29, 0.717) is 22.9 Å². The summed E-state index contributed by atoms with van der Waals surface area (Å²) in [5.74, 6) is 1.90. The Morgan fingerprint density at radius 1 is 1.29 bits per heavy atom. The molecule has 0 saturated heterocycles. The molecule has 1 aliphatic heterocycles. The molecule has 0 aliphatic carbocycles. The van der Waals surface area contributed by atoms with Crippen molar-refractivity contribution >= 4 is 38.6 Å². The van der Waals surface area contributed by atoms with Gasteiger partial charge in [0.25, 0.3) is 0 Å². The van der Waals surface area contributed by atoms with Crippen molar-refractivity contribution in [3.8, 4) is 17.6 Å². The second-order valence-corrected chi connectivity index (χ2v) is 6.36. The van der Waals surface area contributed by atoms with Gasteiger partial charge in [-0.15, -0.1) is 0 Å². The minimum absolute atomic E-state index is 0.211. The van der Waals surface area contributed by atoms with E-state index in [1.165, 1.54) is 0 Å². The summed E-state index contributed by atoms with van der Waals surface area (Å²) in [5, 5.41) is 9.56. The number of H-pyrrole nitrogens is 1. The Labute approximate surface area is 146 Å². The van der Waals surface area contributed by atoms with Gasteiger partial charge in [0, 0.05) is 4.47 Å². The van der Waals surface area contributed by atoms with Crippen LogP contribution in [0, 0.1) is 18.3 Å². The van der Waals surface area contributed by atoms with Gasteiger partial charge >= 0.3 is 0 Å². The predicted molar refractivity (Wildman–Crippen MR) is 94.6 cm³/mol. The van der Waals surface area contributed by atoms with Crippen LogP contribution >= 0.6 is 15.9 Å². The molecule has 0 atom stereocenters. The number of halogens is 1. The minimum Gasteiger partial charge on any atom is -0.454 e. The van der Waals surface area contributed by atoms with Crippen molar-refractivity contribution in [2.24, 2.45) is 0 Å². The number of hydrogen-bond acceptors (Lipinski definition) is 4. The average Bonchev–Trinajstić information content (AvgIpc) is 3.17. The third kappa shape index (κ3) is 2.53. The third-order valence-electron chi connectivity index (χ3n) is 3.80. The summed E-state index contributed by atoms with van der Waals surface area (Å²) in [4.78, 5) is 7.71. The lowest BCUT2D eigenvalue weighted by Gasteiger charge is -2.02. The number of aryl methyl sites for hydroxylation is 1. The molecule has 1 aromatic heterocycles. The maximum Gasteiger partial charge on any atom is 0.231 e. The van der Waals surface area contributed by atoms with Crippen LogP contribution in [0.15, 0.2) is 34.8 Å². The van der Waals surface area contributed by atoms with Crippen LogP contribution in [-0.2, 0) is 0 Å². The molecule has 4 rings (SSSR count). The zero-order chi connectivity index (χ0) is 16.7. The van der Waals surface area contributed by atoms with Crippen LogP contribution in [0.1, 0.15) is 17.0 Å². The molecule has 118 valence electrons. The van der Waals surface area contributed by atoms with Gasteiger partial charge in [0.05, 0.1) is 16.6 Å². The van der Waals surface area contributed by atoms with E-state index in [9.17, 15) is 5.26 Å². The van der Waals surface area contributed by atoms with Crippen molar-refractivity contribution in [1.29, 1.82) is 5.26 Å². The van der Waals surface area contributed by atoms with Crippen LogP contribution in [0.3, 0.4) is 0 Å². The van der Waals surface area contributed by atoms with Crippen molar-refractivity contribution in [2.45, 2.75) is 6.92 Å². The number of aromatic nitrogens is 2. The molecule has 2 heterocycles. The van der Waals surface area contributed by atoms with Crippen LogP contribution in [0.4, 0.5) is 0 Å². The first-order chi connectivity index (χ1) is 11.6. The van der Waals surface area contributed by atoms with E-state index >= 15 is 0 Å². The molecule has 0 radical (unpaired) electrons. The Kier molecular flexibility index (Phi) is 3.51. The number of rotatable bonds is 2. The van der Waals surface area contributed by atoms with Crippen molar-refractivity contribution in [3.63, 3.8) is 0 Å². The van der Waals surface area contributed by atoms with Crippen LogP contribution in [0.5, 0.6) is 11.5 Å². The quantitative estimate of drug-likeness (QED) is 0.666. The second kappa shape index (κ2) is 5.69. The summed E-state index contributed by atoms with van der Waals surface area (Å²) in [6.07, 6.45) is 1.77. The zero-order valence-corrected chi connectivity index (χ0v) is 14.3. The molecule has 0 spiro atoms. The van der Waals surface area contributed by atoms with Gasteiger partial charge in [0.2, 0.25) is 6.79 Å². The Bertz CT molecular complexity index is 1030. The van der Waals surface area contributed by atoms with Crippen LogP contribution in [-0.4, -0.2) is 16.8 Å². The molecule has 0 saturated carbocycles. The van der Waals surface area contributed by atoms with Crippen LogP contribution in [0.2, 0.25) is 0 Å². The van der Waals surface area contributed by atoms with Gasteiger partial charge in [0.1, 0.15) is 11.9 Å². The number of aromatic amines is 1. The maximum atomic E-state index is 9.56. The molecule has 0 unspecified atom stereocenters. The lowest BCUT2D eigenvalue weighted by molar-refractivity contribution is 0.174. The zero-order valence-electron chi connectivity index (χ0n) is 12.8. The first-order valence-electron chi connectivity index (χ1n) is 7.32. The van der Waals surface area contributed by atoms with E-state index in [1.54, 1.807) is 6.08 Å². The smallest absolute Gasteiger partial charge is 0.231 e. The first kappa shape index (κ1) is 14.8. The summed E-state index contributed by atoms with van der Waals surface area (Å²) in [5.41, 5.74) is 4.16. The number of hydrogen-bond donors (Lipinski definition) is 1. The Balaban J connectivity index is 1.80. The molecule has 1 N–H and O–H groups in total. The van der Waals surface area contributed by atoms with Gasteiger partial charge in [-0.25, -0.2) is 4.98 Å². The Morgan fingerprint density at radius 2 is 2.08 bits per heavy atom. The SMILES string of the molecule is Cc1ccc2nc(C(C#N)=Cc3cc4c(cc3Br)OCO4)[nH]c2c1. The van der Waals surface area contributed by atoms with Gasteiger partial charge < -0.3 is 14.5 Å². The normalized spacial score (nSPS) is 13.3. The number of ether oxygens (including phenoxy) is 2. The highest BCUT2D eigenvalue weighted by atomic mass is 79.9. The van der Waals surface area contributed by atoms with Gasteiger partial charge in [0.15, 0.2) is 11.5 Å². The predicted octanol–water partition coefficient (Wildman–Crippen LogP) is 4.43. The topological polar surface area (TPSA) is 70.9 Å². The van der Waals surface area contributed by atoms with Gasteiger partial charge in [-0.2, -0.15) is 5.26 Å². The lowest BCUT2D eigenvalue weighted by atomic mass is 10.1. The molecule has 5 nitrogen and oxygen atoms in total. The molecular weight excluding hydrogens is 370 g/mol. The van der Waals surface area contributed by atoms with Crippen molar-refractivity contribution in [1.82, 2.24) is 9.97 Å². The fraction of sp³-hybridized carbons (Fsp3) is 0.111. The molecule has 3 aromatic rings. The van der Waals surface area contributed by atoms with E-state index in [0.717, 1.165) is 26.6 Å².